The molecule has 0 unspecified atom stereocenters. The van der Waals surface area contributed by atoms with Gasteiger partial charge in [-0.25, -0.2) is 4.98 Å². The van der Waals surface area contributed by atoms with Gasteiger partial charge in [0.1, 0.15) is 10.7 Å². The Balaban J connectivity index is 2.44. The largest absolute Gasteiger partial charge is 0.253 e. The summed E-state index contributed by atoms with van der Waals surface area (Å²) in [5, 5.41) is 2.91. The number of aryl methyl sites for hydroxylation is 1. The fourth-order valence-corrected chi connectivity index (χ4v) is 2.29. The van der Waals surface area contributed by atoms with Crippen molar-refractivity contribution >= 4 is 22.9 Å². The number of thiazole rings is 1. The van der Waals surface area contributed by atoms with Crippen molar-refractivity contribution in [3.05, 3.63) is 35.0 Å². The molecule has 0 aliphatic heterocycles. The average Bonchev–Trinajstić information content (AvgIpc) is 2.67. The minimum atomic E-state index is 0.461. The maximum atomic E-state index is 5.69. The zero-order valence-corrected chi connectivity index (χ0v) is 9.27. The summed E-state index contributed by atoms with van der Waals surface area (Å²) in [6.07, 6.45) is 1.78. The number of alkyl halides is 1. The van der Waals surface area contributed by atoms with Gasteiger partial charge in [0.15, 0.2) is 0 Å². The molecule has 0 amide bonds. The number of halogens is 1. The molecule has 0 bridgehead atoms. The van der Waals surface area contributed by atoms with E-state index in [1.807, 2.05) is 24.4 Å². The highest BCUT2D eigenvalue weighted by Gasteiger charge is 2.07. The van der Waals surface area contributed by atoms with Gasteiger partial charge in [-0.3, -0.25) is 4.98 Å². The number of hydrogen-bond acceptors (Lipinski definition) is 3. The highest BCUT2D eigenvalue weighted by Crippen LogP contribution is 2.24. The van der Waals surface area contributed by atoms with Crippen LogP contribution in [-0.4, -0.2) is 9.97 Å². The molecule has 2 aromatic rings. The van der Waals surface area contributed by atoms with Crippen molar-refractivity contribution in [1.82, 2.24) is 9.97 Å². The molecule has 0 N–H and O–H groups in total. The molecule has 0 fully saturated rings. The first-order valence-electron chi connectivity index (χ1n) is 4.23. The number of rotatable bonds is 2. The molecule has 0 aliphatic rings. The maximum Gasteiger partial charge on any atom is 0.142 e. The van der Waals surface area contributed by atoms with Gasteiger partial charge in [-0.05, 0) is 18.6 Å². The molecule has 2 nitrogen and oxygen atoms in total. The van der Waals surface area contributed by atoms with E-state index < -0.39 is 0 Å². The second-order valence-electron chi connectivity index (χ2n) is 2.95. The van der Waals surface area contributed by atoms with Crippen molar-refractivity contribution in [2.45, 2.75) is 12.8 Å². The van der Waals surface area contributed by atoms with Crippen LogP contribution in [0, 0.1) is 6.92 Å². The summed E-state index contributed by atoms with van der Waals surface area (Å²) < 4.78 is 0. The SMILES string of the molecule is Cc1cccnc1-c1nc(CCl)cs1. The molecule has 0 spiro atoms. The normalized spacial score (nSPS) is 10.4. The zero-order valence-electron chi connectivity index (χ0n) is 7.70. The summed E-state index contributed by atoms with van der Waals surface area (Å²) in [5.41, 5.74) is 3.01. The average molecular weight is 225 g/mol. The van der Waals surface area contributed by atoms with Crippen LogP contribution in [0.4, 0.5) is 0 Å². The van der Waals surface area contributed by atoms with Crippen molar-refractivity contribution in [2.24, 2.45) is 0 Å². The van der Waals surface area contributed by atoms with Gasteiger partial charge < -0.3 is 0 Å². The summed E-state index contributed by atoms with van der Waals surface area (Å²) in [4.78, 5) is 8.68. The lowest BCUT2D eigenvalue weighted by Gasteiger charge is -1.98. The predicted octanol–water partition coefficient (Wildman–Crippen LogP) is 3.25. The summed E-state index contributed by atoms with van der Waals surface area (Å²) in [6, 6.07) is 3.96. The van der Waals surface area contributed by atoms with E-state index in [-0.39, 0.29) is 0 Å². The summed E-state index contributed by atoms with van der Waals surface area (Å²) in [6.45, 7) is 2.03. The van der Waals surface area contributed by atoms with Gasteiger partial charge in [-0.1, -0.05) is 6.07 Å². The van der Waals surface area contributed by atoms with Crippen LogP contribution in [0.25, 0.3) is 10.7 Å². The van der Waals surface area contributed by atoms with Gasteiger partial charge in [0.05, 0.1) is 11.6 Å². The zero-order chi connectivity index (χ0) is 9.97. The molecule has 4 heteroatoms. The van der Waals surface area contributed by atoms with Crippen LogP contribution >= 0.6 is 22.9 Å². The highest BCUT2D eigenvalue weighted by atomic mass is 35.5. The molecule has 2 heterocycles. The van der Waals surface area contributed by atoms with E-state index in [1.165, 1.54) is 0 Å². The highest BCUT2D eigenvalue weighted by molar-refractivity contribution is 7.13. The Morgan fingerprint density at radius 2 is 2.36 bits per heavy atom. The van der Waals surface area contributed by atoms with E-state index >= 15 is 0 Å². The Bertz CT molecular complexity index is 439. The quantitative estimate of drug-likeness (QED) is 0.732. The summed E-state index contributed by atoms with van der Waals surface area (Å²) >= 11 is 7.27. The van der Waals surface area contributed by atoms with Crippen molar-refractivity contribution in [1.29, 1.82) is 0 Å². The Hall–Kier alpha value is -0.930. The van der Waals surface area contributed by atoms with Gasteiger partial charge in [0.2, 0.25) is 0 Å². The molecule has 0 atom stereocenters. The standard InChI is InChI=1S/C10H9ClN2S/c1-7-3-2-4-12-9(7)10-13-8(5-11)6-14-10/h2-4,6H,5H2,1H3. The lowest BCUT2D eigenvalue weighted by molar-refractivity contribution is 1.19. The van der Waals surface area contributed by atoms with Crippen LogP contribution in [0.3, 0.4) is 0 Å². The van der Waals surface area contributed by atoms with Crippen LogP contribution in [-0.2, 0) is 5.88 Å². The van der Waals surface area contributed by atoms with E-state index in [4.69, 9.17) is 11.6 Å². The summed E-state index contributed by atoms with van der Waals surface area (Å²) in [7, 11) is 0. The minimum absolute atomic E-state index is 0.461. The molecule has 0 saturated carbocycles. The molecule has 0 saturated heterocycles. The van der Waals surface area contributed by atoms with E-state index in [1.54, 1.807) is 17.5 Å². The number of hydrogen-bond donors (Lipinski definition) is 0. The molecular formula is C10H9ClN2S. The van der Waals surface area contributed by atoms with Gasteiger partial charge in [-0.2, -0.15) is 0 Å². The summed E-state index contributed by atoms with van der Waals surface area (Å²) in [5.74, 6) is 0.461. The maximum absolute atomic E-state index is 5.69. The monoisotopic (exact) mass is 224 g/mol. The topological polar surface area (TPSA) is 25.8 Å². The van der Waals surface area contributed by atoms with Crippen LogP contribution in [0.15, 0.2) is 23.7 Å². The predicted molar refractivity (Wildman–Crippen MR) is 59.6 cm³/mol. The van der Waals surface area contributed by atoms with Gasteiger partial charge in [0, 0.05) is 11.6 Å². The lowest BCUT2D eigenvalue weighted by Crippen LogP contribution is -1.86. The molecule has 2 aromatic heterocycles. The van der Waals surface area contributed by atoms with Crippen molar-refractivity contribution in [2.75, 3.05) is 0 Å². The first-order chi connectivity index (χ1) is 6.81. The molecule has 0 radical (unpaired) electrons. The first kappa shape index (κ1) is 9.62. The number of pyridine rings is 1. The van der Waals surface area contributed by atoms with Crippen molar-refractivity contribution in [3.63, 3.8) is 0 Å². The molecular weight excluding hydrogens is 216 g/mol. The number of aromatic nitrogens is 2. The van der Waals surface area contributed by atoms with E-state index in [0.29, 0.717) is 5.88 Å². The Labute approximate surface area is 91.6 Å². The smallest absolute Gasteiger partial charge is 0.142 e. The Morgan fingerprint density at radius 3 is 3.00 bits per heavy atom. The van der Waals surface area contributed by atoms with E-state index in [0.717, 1.165) is 22.0 Å². The fraction of sp³-hybridized carbons (Fsp3) is 0.200. The third kappa shape index (κ3) is 1.79. The fourth-order valence-electron chi connectivity index (χ4n) is 1.19. The molecule has 0 aromatic carbocycles. The van der Waals surface area contributed by atoms with Crippen molar-refractivity contribution < 1.29 is 0 Å². The van der Waals surface area contributed by atoms with Crippen LogP contribution in [0.5, 0.6) is 0 Å². The number of nitrogens with zero attached hydrogens (tertiary/aromatic N) is 2. The van der Waals surface area contributed by atoms with Gasteiger partial charge >= 0.3 is 0 Å². The van der Waals surface area contributed by atoms with E-state index in [9.17, 15) is 0 Å². The third-order valence-corrected chi connectivity index (χ3v) is 3.07. The third-order valence-electron chi connectivity index (χ3n) is 1.90. The molecule has 2 rings (SSSR count). The second kappa shape index (κ2) is 4.07. The van der Waals surface area contributed by atoms with Gasteiger partial charge in [0.25, 0.3) is 0 Å². The first-order valence-corrected chi connectivity index (χ1v) is 5.65. The lowest BCUT2D eigenvalue weighted by atomic mass is 10.2. The van der Waals surface area contributed by atoms with Crippen molar-refractivity contribution in [3.8, 4) is 10.7 Å². The molecule has 14 heavy (non-hydrogen) atoms. The van der Waals surface area contributed by atoms with Crippen LogP contribution in [0.2, 0.25) is 0 Å². The Kier molecular flexibility index (Phi) is 2.79. The molecule has 72 valence electrons. The van der Waals surface area contributed by atoms with Gasteiger partial charge in [-0.15, -0.1) is 22.9 Å². The molecule has 0 aliphatic carbocycles. The second-order valence-corrected chi connectivity index (χ2v) is 4.07. The Morgan fingerprint density at radius 1 is 1.50 bits per heavy atom. The minimum Gasteiger partial charge on any atom is -0.253 e. The van der Waals surface area contributed by atoms with Crippen LogP contribution in [0.1, 0.15) is 11.3 Å². The van der Waals surface area contributed by atoms with Crippen LogP contribution < -0.4 is 0 Å². The van der Waals surface area contributed by atoms with E-state index in [2.05, 4.69) is 9.97 Å².